The van der Waals surface area contributed by atoms with Gasteiger partial charge in [0.05, 0.1) is 0 Å². The number of carbonyl (C=O) groups excluding carboxylic acids is 1. The monoisotopic (exact) mass is 131 g/mol. The Labute approximate surface area is 50.7 Å². The standard InChI is InChI=1S/C4H5NO4/c6-4(3-1-2-3)9-5(7)8/h3H,1-2H2. The molecule has 1 aliphatic carbocycles. The molecule has 9 heavy (non-hydrogen) atoms. The summed E-state index contributed by atoms with van der Waals surface area (Å²) in [6.07, 6.45) is 1.46. The highest BCUT2D eigenvalue weighted by atomic mass is 17.0. The molecule has 0 heterocycles. The third-order valence-corrected chi connectivity index (χ3v) is 1.08. The van der Waals surface area contributed by atoms with Crippen LogP contribution < -0.4 is 0 Å². The normalized spacial score (nSPS) is 16.9. The molecular formula is C4H5NO4. The molecule has 0 spiro atoms. The quantitative estimate of drug-likeness (QED) is 0.394. The molecule has 0 aromatic heterocycles. The van der Waals surface area contributed by atoms with Crippen molar-refractivity contribution in [3.8, 4) is 0 Å². The third kappa shape index (κ3) is 1.67. The molecule has 50 valence electrons. The van der Waals surface area contributed by atoms with E-state index in [2.05, 4.69) is 4.84 Å². The summed E-state index contributed by atoms with van der Waals surface area (Å²) in [7, 11) is 0. The van der Waals surface area contributed by atoms with Gasteiger partial charge in [-0.15, -0.1) is 10.1 Å². The minimum Gasteiger partial charge on any atom is -0.268 e. The van der Waals surface area contributed by atoms with Gasteiger partial charge in [-0.05, 0) is 12.8 Å². The first kappa shape index (κ1) is 6.00. The van der Waals surface area contributed by atoms with Crippen LogP contribution in [-0.4, -0.2) is 11.1 Å². The van der Waals surface area contributed by atoms with E-state index in [1.807, 2.05) is 0 Å². The zero-order valence-electron chi connectivity index (χ0n) is 4.57. The molecule has 0 radical (unpaired) electrons. The summed E-state index contributed by atoms with van der Waals surface area (Å²) in [5.74, 6) is -0.907. The van der Waals surface area contributed by atoms with Gasteiger partial charge in [0, 0.05) is 5.92 Å². The van der Waals surface area contributed by atoms with E-state index in [0.717, 1.165) is 12.8 Å². The van der Waals surface area contributed by atoms with E-state index in [1.165, 1.54) is 0 Å². The zero-order chi connectivity index (χ0) is 6.85. The van der Waals surface area contributed by atoms with E-state index in [0.29, 0.717) is 0 Å². The van der Waals surface area contributed by atoms with Crippen LogP contribution in [0.25, 0.3) is 0 Å². The Bertz CT molecular complexity index is 151. The molecule has 0 unspecified atom stereocenters. The molecular weight excluding hydrogens is 126 g/mol. The van der Waals surface area contributed by atoms with Crippen molar-refractivity contribution in [1.82, 2.24) is 0 Å². The highest BCUT2D eigenvalue weighted by molar-refractivity contribution is 5.74. The fourth-order valence-electron chi connectivity index (χ4n) is 0.467. The van der Waals surface area contributed by atoms with Gasteiger partial charge >= 0.3 is 11.1 Å². The zero-order valence-corrected chi connectivity index (χ0v) is 4.57. The molecule has 0 aliphatic heterocycles. The maximum Gasteiger partial charge on any atom is 0.306 e. The van der Waals surface area contributed by atoms with Crippen LogP contribution in [0.5, 0.6) is 0 Å². The van der Waals surface area contributed by atoms with Crippen molar-refractivity contribution >= 4 is 5.97 Å². The Morgan fingerprint density at radius 1 is 1.67 bits per heavy atom. The third-order valence-electron chi connectivity index (χ3n) is 1.08. The van der Waals surface area contributed by atoms with Gasteiger partial charge in [0.15, 0.2) is 0 Å². The first-order valence-corrected chi connectivity index (χ1v) is 2.56. The number of hydrogen-bond donors (Lipinski definition) is 0. The Morgan fingerprint density at radius 3 is 2.56 bits per heavy atom. The summed E-state index contributed by atoms with van der Waals surface area (Å²) < 4.78 is 0. The van der Waals surface area contributed by atoms with Gasteiger partial charge in [0.25, 0.3) is 0 Å². The van der Waals surface area contributed by atoms with Gasteiger partial charge in [-0.25, -0.2) is 4.84 Å². The average molecular weight is 131 g/mol. The van der Waals surface area contributed by atoms with Crippen molar-refractivity contribution in [3.63, 3.8) is 0 Å². The van der Waals surface area contributed by atoms with E-state index in [-0.39, 0.29) is 5.92 Å². The predicted molar refractivity (Wildman–Crippen MR) is 25.8 cm³/mol. The first-order chi connectivity index (χ1) is 4.20. The van der Waals surface area contributed by atoms with E-state index < -0.39 is 11.1 Å². The van der Waals surface area contributed by atoms with Gasteiger partial charge in [-0.2, -0.15) is 0 Å². The molecule has 0 aromatic rings. The van der Waals surface area contributed by atoms with Crippen molar-refractivity contribution < 1.29 is 14.7 Å². The highest BCUT2D eigenvalue weighted by Crippen LogP contribution is 2.29. The van der Waals surface area contributed by atoms with Crippen molar-refractivity contribution in [2.24, 2.45) is 5.92 Å². The predicted octanol–water partition coefficient (Wildman–Crippen LogP) is 0.131. The van der Waals surface area contributed by atoms with Gasteiger partial charge in [0.2, 0.25) is 0 Å². The van der Waals surface area contributed by atoms with Crippen LogP contribution in [0.15, 0.2) is 0 Å². The average Bonchev–Trinajstić information content (AvgIpc) is 2.40. The van der Waals surface area contributed by atoms with Crippen LogP contribution in [-0.2, 0) is 9.63 Å². The molecule has 0 bridgehead atoms. The number of nitrogens with zero attached hydrogens (tertiary/aromatic N) is 1. The summed E-state index contributed by atoms with van der Waals surface area (Å²) >= 11 is 0. The number of carbonyl (C=O) groups is 1. The lowest BCUT2D eigenvalue weighted by Gasteiger charge is -1.89. The van der Waals surface area contributed by atoms with Crippen LogP contribution in [0.4, 0.5) is 0 Å². The second-order valence-corrected chi connectivity index (χ2v) is 1.91. The van der Waals surface area contributed by atoms with Crippen LogP contribution in [0.2, 0.25) is 0 Å². The summed E-state index contributed by atoms with van der Waals surface area (Å²) in [6.45, 7) is 0. The molecule has 0 atom stereocenters. The lowest BCUT2D eigenvalue weighted by Crippen LogP contribution is -2.11. The Morgan fingerprint density at radius 2 is 2.22 bits per heavy atom. The summed E-state index contributed by atoms with van der Waals surface area (Å²) in [5, 5.41) is 8.44. The van der Waals surface area contributed by atoms with E-state index in [9.17, 15) is 14.9 Å². The molecule has 1 saturated carbocycles. The molecule has 5 heteroatoms. The Balaban J connectivity index is 2.26. The largest absolute Gasteiger partial charge is 0.306 e. The van der Waals surface area contributed by atoms with E-state index in [4.69, 9.17) is 0 Å². The van der Waals surface area contributed by atoms with Crippen LogP contribution in [0.1, 0.15) is 12.8 Å². The Kier molecular flexibility index (Phi) is 1.33. The maximum atomic E-state index is 10.4. The number of rotatable bonds is 2. The van der Waals surface area contributed by atoms with E-state index in [1.54, 1.807) is 0 Å². The van der Waals surface area contributed by atoms with Crippen molar-refractivity contribution in [3.05, 3.63) is 10.1 Å². The second-order valence-electron chi connectivity index (χ2n) is 1.91. The van der Waals surface area contributed by atoms with Crippen LogP contribution >= 0.6 is 0 Å². The second kappa shape index (κ2) is 2.00. The van der Waals surface area contributed by atoms with Crippen molar-refractivity contribution in [2.75, 3.05) is 0 Å². The fourth-order valence-corrected chi connectivity index (χ4v) is 0.467. The molecule has 5 nitrogen and oxygen atoms in total. The summed E-state index contributed by atoms with van der Waals surface area (Å²) in [5.41, 5.74) is 0. The smallest absolute Gasteiger partial charge is 0.268 e. The molecule has 0 N–H and O–H groups in total. The van der Waals surface area contributed by atoms with Crippen molar-refractivity contribution in [1.29, 1.82) is 0 Å². The molecule has 1 rings (SSSR count). The summed E-state index contributed by atoms with van der Waals surface area (Å²) in [4.78, 5) is 23.5. The number of hydrogen-bond acceptors (Lipinski definition) is 4. The minimum absolute atomic E-state index is 0.199. The molecule has 0 saturated heterocycles. The molecule has 0 amide bonds. The van der Waals surface area contributed by atoms with Crippen LogP contribution in [0, 0.1) is 16.0 Å². The van der Waals surface area contributed by atoms with E-state index >= 15 is 0 Å². The topological polar surface area (TPSA) is 69.4 Å². The minimum atomic E-state index is -1.07. The fraction of sp³-hybridized carbons (Fsp3) is 0.750. The van der Waals surface area contributed by atoms with Crippen molar-refractivity contribution in [2.45, 2.75) is 12.8 Å². The van der Waals surface area contributed by atoms with Gasteiger partial charge in [0.1, 0.15) is 0 Å². The highest BCUT2D eigenvalue weighted by Gasteiger charge is 2.32. The van der Waals surface area contributed by atoms with Gasteiger partial charge in [-0.3, -0.25) is 4.79 Å². The maximum absolute atomic E-state index is 10.4. The lowest BCUT2D eigenvalue weighted by atomic mass is 10.5. The lowest BCUT2D eigenvalue weighted by molar-refractivity contribution is -0.730. The molecule has 1 fully saturated rings. The summed E-state index contributed by atoms with van der Waals surface area (Å²) in [6, 6.07) is 0. The van der Waals surface area contributed by atoms with Gasteiger partial charge in [-0.1, -0.05) is 0 Å². The molecule has 1 aliphatic rings. The Hall–Kier alpha value is -1.13. The van der Waals surface area contributed by atoms with Crippen LogP contribution in [0.3, 0.4) is 0 Å². The molecule has 0 aromatic carbocycles. The van der Waals surface area contributed by atoms with Gasteiger partial charge < -0.3 is 0 Å². The SMILES string of the molecule is O=C(O[N+](=O)[O-])C1CC1. The first-order valence-electron chi connectivity index (χ1n) is 2.56.